The summed E-state index contributed by atoms with van der Waals surface area (Å²) in [6.45, 7) is 3.88. The van der Waals surface area contributed by atoms with E-state index in [-0.39, 0.29) is 0 Å². The van der Waals surface area contributed by atoms with E-state index >= 15 is 0 Å². The van der Waals surface area contributed by atoms with E-state index in [4.69, 9.17) is 0 Å². The number of hydrogen-bond acceptors (Lipinski definition) is 3. The van der Waals surface area contributed by atoms with Crippen LogP contribution in [-0.2, 0) is 6.54 Å². The molecule has 6 heteroatoms. The molecule has 1 aromatic carbocycles. The van der Waals surface area contributed by atoms with Crippen molar-refractivity contribution in [1.29, 1.82) is 0 Å². The molecule has 0 amide bonds. The minimum Gasteiger partial charge on any atom is -0.311 e. The Hall–Kier alpha value is -0.720. The molecule has 1 N–H and O–H groups in total. The molecule has 2 aromatic rings. The Labute approximate surface area is 123 Å². The quantitative estimate of drug-likeness (QED) is 0.817. The lowest BCUT2D eigenvalue weighted by molar-refractivity contribution is 0.662. The summed E-state index contributed by atoms with van der Waals surface area (Å²) in [5.74, 6) is 0. The fraction of sp³-hybridized carbons (Fsp3) is 0.333. The van der Waals surface area contributed by atoms with Gasteiger partial charge in [0.1, 0.15) is 0 Å². The van der Waals surface area contributed by atoms with E-state index in [1.54, 1.807) is 4.68 Å². The van der Waals surface area contributed by atoms with Crippen LogP contribution in [0.3, 0.4) is 0 Å². The molecule has 18 heavy (non-hydrogen) atoms. The van der Waals surface area contributed by atoms with Crippen molar-refractivity contribution in [2.75, 3.05) is 6.54 Å². The van der Waals surface area contributed by atoms with Crippen LogP contribution in [0, 0.1) is 0 Å². The van der Waals surface area contributed by atoms with Crippen LogP contribution in [0.2, 0.25) is 0 Å². The Kier molecular flexibility index (Phi) is 4.91. The van der Waals surface area contributed by atoms with Crippen LogP contribution in [0.4, 0.5) is 0 Å². The molecule has 96 valence electrons. The summed E-state index contributed by atoms with van der Waals surface area (Å²) in [6.07, 6.45) is 3.06. The van der Waals surface area contributed by atoms with Crippen LogP contribution in [0.15, 0.2) is 33.3 Å². The summed E-state index contributed by atoms with van der Waals surface area (Å²) >= 11 is 6.97. The highest BCUT2D eigenvalue weighted by Gasteiger charge is 2.06. The zero-order chi connectivity index (χ0) is 13.0. The lowest BCUT2D eigenvalue weighted by Crippen LogP contribution is -2.13. The fourth-order valence-corrected chi connectivity index (χ4v) is 2.33. The standard InChI is InChI=1S/C12H14Br2N4/c1-2-5-15-7-10-8-18(17-16-10)12-6-9(13)3-4-11(12)14/h3-4,6,8,15H,2,5,7H2,1H3. The molecule has 0 fully saturated rings. The molecule has 2 rings (SSSR count). The van der Waals surface area contributed by atoms with Crippen molar-refractivity contribution in [3.8, 4) is 5.69 Å². The van der Waals surface area contributed by atoms with E-state index in [0.717, 1.165) is 39.8 Å². The number of benzene rings is 1. The molecule has 0 bridgehead atoms. The van der Waals surface area contributed by atoms with Crippen LogP contribution in [-0.4, -0.2) is 21.5 Å². The molecule has 0 aliphatic heterocycles. The smallest absolute Gasteiger partial charge is 0.0969 e. The van der Waals surface area contributed by atoms with Gasteiger partial charge in [-0.1, -0.05) is 28.1 Å². The molecule has 0 aliphatic carbocycles. The van der Waals surface area contributed by atoms with Crippen LogP contribution < -0.4 is 5.32 Å². The van der Waals surface area contributed by atoms with Gasteiger partial charge in [-0.3, -0.25) is 0 Å². The van der Waals surface area contributed by atoms with Gasteiger partial charge >= 0.3 is 0 Å². The van der Waals surface area contributed by atoms with Gasteiger partial charge < -0.3 is 5.32 Å². The molecular formula is C12H14Br2N4. The van der Waals surface area contributed by atoms with E-state index in [9.17, 15) is 0 Å². The van der Waals surface area contributed by atoms with Gasteiger partial charge in [0.2, 0.25) is 0 Å². The van der Waals surface area contributed by atoms with Gasteiger partial charge in [-0.05, 0) is 47.1 Å². The summed E-state index contributed by atoms with van der Waals surface area (Å²) in [5, 5.41) is 11.6. The zero-order valence-electron chi connectivity index (χ0n) is 10.0. The Bertz CT molecular complexity index is 525. The number of nitrogens with zero attached hydrogens (tertiary/aromatic N) is 3. The van der Waals surface area contributed by atoms with Crippen LogP contribution in [0.25, 0.3) is 5.69 Å². The maximum Gasteiger partial charge on any atom is 0.0969 e. The molecule has 0 spiro atoms. The Morgan fingerprint density at radius 3 is 2.94 bits per heavy atom. The molecule has 0 aliphatic rings. The summed E-state index contributed by atoms with van der Waals surface area (Å²) in [6, 6.07) is 5.96. The van der Waals surface area contributed by atoms with Gasteiger partial charge in [-0.25, -0.2) is 4.68 Å². The molecular weight excluding hydrogens is 360 g/mol. The Balaban J connectivity index is 2.16. The van der Waals surface area contributed by atoms with Crippen LogP contribution >= 0.6 is 31.9 Å². The predicted octanol–water partition coefficient (Wildman–Crippen LogP) is 3.29. The van der Waals surface area contributed by atoms with E-state index in [1.807, 2.05) is 24.4 Å². The largest absolute Gasteiger partial charge is 0.311 e. The van der Waals surface area contributed by atoms with E-state index in [1.165, 1.54) is 0 Å². The predicted molar refractivity (Wildman–Crippen MR) is 78.8 cm³/mol. The first-order chi connectivity index (χ1) is 8.70. The summed E-state index contributed by atoms with van der Waals surface area (Å²) in [7, 11) is 0. The van der Waals surface area contributed by atoms with Crippen molar-refractivity contribution >= 4 is 31.9 Å². The molecule has 0 saturated heterocycles. The first-order valence-corrected chi connectivity index (χ1v) is 7.36. The van der Waals surface area contributed by atoms with Gasteiger partial charge in [-0.15, -0.1) is 5.10 Å². The third-order valence-electron chi connectivity index (χ3n) is 2.43. The number of rotatable bonds is 5. The van der Waals surface area contributed by atoms with Crippen molar-refractivity contribution in [3.05, 3.63) is 39.0 Å². The highest BCUT2D eigenvalue weighted by molar-refractivity contribution is 9.11. The lowest BCUT2D eigenvalue weighted by atomic mass is 10.3. The van der Waals surface area contributed by atoms with Crippen molar-refractivity contribution < 1.29 is 0 Å². The fourth-order valence-electron chi connectivity index (χ4n) is 1.55. The molecule has 4 nitrogen and oxygen atoms in total. The Morgan fingerprint density at radius 1 is 1.33 bits per heavy atom. The zero-order valence-corrected chi connectivity index (χ0v) is 13.2. The average Bonchev–Trinajstić information content (AvgIpc) is 2.81. The highest BCUT2D eigenvalue weighted by atomic mass is 79.9. The van der Waals surface area contributed by atoms with Gasteiger partial charge in [-0.2, -0.15) is 0 Å². The number of hydrogen-bond donors (Lipinski definition) is 1. The maximum atomic E-state index is 4.15. The first-order valence-electron chi connectivity index (χ1n) is 5.78. The highest BCUT2D eigenvalue weighted by Crippen LogP contribution is 2.24. The molecule has 0 unspecified atom stereocenters. The van der Waals surface area contributed by atoms with E-state index in [0.29, 0.717) is 0 Å². The van der Waals surface area contributed by atoms with E-state index in [2.05, 4.69) is 54.4 Å². The second-order valence-electron chi connectivity index (χ2n) is 3.93. The second kappa shape index (κ2) is 6.45. The molecule has 0 radical (unpaired) electrons. The van der Waals surface area contributed by atoms with Gasteiger partial charge in [0.05, 0.1) is 17.6 Å². The summed E-state index contributed by atoms with van der Waals surface area (Å²) < 4.78 is 3.78. The third-order valence-corrected chi connectivity index (χ3v) is 3.59. The monoisotopic (exact) mass is 372 g/mol. The normalized spacial score (nSPS) is 10.8. The van der Waals surface area contributed by atoms with Gasteiger partial charge in [0.15, 0.2) is 0 Å². The SMILES string of the molecule is CCCNCc1cn(-c2cc(Br)ccc2Br)nn1. The number of nitrogens with one attached hydrogen (secondary N) is 1. The van der Waals surface area contributed by atoms with Crippen LogP contribution in [0.5, 0.6) is 0 Å². The molecule has 0 atom stereocenters. The van der Waals surface area contributed by atoms with Crippen LogP contribution in [0.1, 0.15) is 19.0 Å². The van der Waals surface area contributed by atoms with Crippen molar-refractivity contribution in [2.24, 2.45) is 0 Å². The summed E-state index contributed by atoms with van der Waals surface area (Å²) in [5.41, 5.74) is 1.91. The maximum absolute atomic E-state index is 4.15. The van der Waals surface area contributed by atoms with Crippen molar-refractivity contribution in [3.63, 3.8) is 0 Å². The third kappa shape index (κ3) is 3.40. The van der Waals surface area contributed by atoms with E-state index < -0.39 is 0 Å². The lowest BCUT2D eigenvalue weighted by Gasteiger charge is -2.03. The first kappa shape index (κ1) is 13.7. The number of aromatic nitrogens is 3. The van der Waals surface area contributed by atoms with Gasteiger partial charge in [0.25, 0.3) is 0 Å². The molecule has 0 saturated carbocycles. The van der Waals surface area contributed by atoms with Crippen molar-refractivity contribution in [2.45, 2.75) is 19.9 Å². The Morgan fingerprint density at radius 2 is 2.17 bits per heavy atom. The average molecular weight is 374 g/mol. The van der Waals surface area contributed by atoms with Gasteiger partial charge in [0, 0.05) is 15.5 Å². The molecule has 1 aromatic heterocycles. The minimum absolute atomic E-state index is 0.749. The molecule has 1 heterocycles. The minimum atomic E-state index is 0.749. The second-order valence-corrected chi connectivity index (χ2v) is 5.70. The summed E-state index contributed by atoms with van der Waals surface area (Å²) in [4.78, 5) is 0. The number of halogens is 2. The van der Waals surface area contributed by atoms with Crippen molar-refractivity contribution in [1.82, 2.24) is 20.3 Å². The topological polar surface area (TPSA) is 42.7 Å².